The highest BCUT2D eigenvalue weighted by molar-refractivity contribution is 7.17. The van der Waals surface area contributed by atoms with E-state index >= 15 is 0 Å². The third-order valence-electron chi connectivity index (χ3n) is 5.26. The van der Waals surface area contributed by atoms with Gasteiger partial charge in [-0.05, 0) is 37.5 Å². The predicted molar refractivity (Wildman–Crippen MR) is 108 cm³/mol. The maximum absolute atomic E-state index is 13.3. The van der Waals surface area contributed by atoms with Crippen molar-refractivity contribution in [1.82, 2.24) is 0 Å². The van der Waals surface area contributed by atoms with Crippen LogP contribution in [0, 0.1) is 24.6 Å². The standard InChI is InChI=1S/C21H22FNO5S/c1-11-16(12-7-9-13(22)10-8-12)17(21(27)28-2)19(29-11)23-18(24)14-5-3-4-6-15(14)20(25)26/h7-10,14-15H,3-6H2,1-2H3,(H,23,24)(H,25,26)/t14-,15-/m1/s1. The van der Waals surface area contributed by atoms with E-state index in [0.717, 1.165) is 17.7 Å². The lowest BCUT2D eigenvalue weighted by Gasteiger charge is -2.27. The summed E-state index contributed by atoms with van der Waals surface area (Å²) in [4.78, 5) is 37.7. The Hall–Kier alpha value is -2.74. The summed E-state index contributed by atoms with van der Waals surface area (Å²) in [6, 6.07) is 5.71. The van der Waals surface area contributed by atoms with Crippen molar-refractivity contribution in [1.29, 1.82) is 0 Å². The number of rotatable bonds is 5. The summed E-state index contributed by atoms with van der Waals surface area (Å²) in [5, 5.41) is 12.5. The highest BCUT2D eigenvalue weighted by Crippen LogP contribution is 2.41. The first-order chi connectivity index (χ1) is 13.8. The van der Waals surface area contributed by atoms with Gasteiger partial charge in [0.05, 0.1) is 18.9 Å². The summed E-state index contributed by atoms with van der Waals surface area (Å²) in [6.45, 7) is 1.80. The average Bonchev–Trinajstić information content (AvgIpc) is 3.03. The summed E-state index contributed by atoms with van der Waals surface area (Å²) in [5.41, 5.74) is 1.38. The molecule has 1 amide bonds. The van der Waals surface area contributed by atoms with Crippen molar-refractivity contribution in [3.63, 3.8) is 0 Å². The molecule has 3 rings (SSSR count). The monoisotopic (exact) mass is 419 g/mol. The van der Waals surface area contributed by atoms with E-state index in [1.807, 2.05) is 0 Å². The van der Waals surface area contributed by atoms with E-state index in [2.05, 4.69) is 5.32 Å². The molecule has 1 aromatic carbocycles. The van der Waals surface area contributed by atoms with E-state index in [4.69, 9.17) is 4.74 Å². The lowest BCUT2D eigenvalue weighted by atomic mass is 9.78. The maximum atomic E-state index is 13.3. The molecule has 1 aromatic heterocycles. The van der Waals surface area contributed by atoms with Gasteiger partial charge in [0.15, 0.2) is 0 Å². The van der Waals surface area contributed by atoms with Crippen LogP contribution in [0.25, 0.3) is 11.1 Å². The molecule has 1 aliphatic rings. The van der Waals surface area contributed by atoms with Crippen molar-refractivity contribution >= 4 is 34.2 Å². The van der Waals surface area contributed by atoms with E-state index in [0.29, 0.717) is 29.0 Å². The summed E-state index contributed by atoms with van der Waals surface area (Å²) < 4.78 is 18.2. The Labute approximate surface area is 171 Å². The fourth-order valence-corrected chi connectivity index (χ4v) is 4.91. The molecule has 1 heterocycles. The Bertz CT molecular complexity index is 937. The number of carboxylic acids is 1. The first-order valence-corrected chi connectivity index (χ1v) is 10.2. The fraction of sp³-hybridized carbons (Fsp3) is 0.381. The number of ether oxygens (including phenoxy) is 1. The van der Waals surface area contributed by atoms with Crippen molar-refractivity contribution in [3.8, 4) is 11.1 Å². The normalized spacial score (nSPS) is 18.9. The fourth-order valence-electron chi connectivity index (χ4n) is 3.84. The highest BCUT2D eigenvalue weighted by atomic mass is 32.1. The molecule has 0 saturated heterocycles. The number of halogens is 1. The zero-order valence-corrected chi connectivity index (χ0v) is 17.0. The van der Waals surface area contributed by atoms with Gasteiger partial charge in [0, 0.05) is 10.4 Å². The molecule has 154 valence electrons. The molecule has 0 unspecified atom stereocenters. The van der Waals surface area contributed by atoms with Gasteiger partial charge in [-0.2, -0.15) is 0 Å². The van der Waals surface area contributed by atoms with Crippen LogP contribution in [0.5, 0.6) is 0 Å². The number of nitrogens with one attached hydrogen (secondary N) is 1. The minimum Gasteiger partial charge on any atom is -0.481 e. The molecule has 6 nitrogen and oxygen atoms in total. The van der Waals surface area contributed by atoms with Crippen LogP contribution in [0.2, 0.25) is 0 Å². The Morgan fingerprint density at radius 3 is 2.34 bits per heavy atom. The largest absolute Gasteiger partial charge is 0.481 e. The number of benzene rings is 1. The van der Waals surface area contributed by atoms with Gasteiger partial charge in [-0.3, -0.25) is 9.59 Å². The number of aliphatic carboxylic acids is 1. The number of carbonyl (C=O) groups is 3. The number of hydrogen-bond acceptors (Lipinski definition) is 5. The van der Waals surface area contributed by atoms with Gasteiger partial charge >= 0.3 is 11.9 Å². The number of hydrogen-bond donors (Lipinski definition) is 2. The maximum Gasteiger partial charge on any atom is 0.341 e. The van der Waals surface area contributed by atoms with E-state index < -0.39 is 35.5 Å². The number of thiophene rings is 1. The number of carboxylic acid groups (broad SMARTS) is 1. The summed E-state index contributed by atoms with van der Waals surface area (Å²) in [7, 11) is 1.25. The van der Waals surface area contributed by atoms with Crippen LogP contribution in [-0.4, -0.2) is 30.1 Å². The Morgan fingerprint density at radius 1 is 1.14 bits per heavy atom. The molecule has 2 atom stereocenters. The van der Waals surface area contributed by atoms with Gasteiger partial charge in [0.1, 0.15) is 16.4 Å². The number of amides is 1. The third kappa shape index (κ3) is 4.32. The lowest BCUT2D eigenvalue weighted by molar-refractivity contribution is -0.147. The van der Waals surface area contributed by atoms with Crippen LogP contribution in [0.15, 0.2) is 24.3 Å². The van der Waals surface area contributed by atoms with Gasteiger partial charge in [0.25, 0.3) is 0 Å². The second kappa shape index (κ2) is 8.73. The summed E-state index contributed by atoms with van der Waals surface area (Å²) in [6.07, 6.45) is 2.52. The quantitative estimate of drug-likeness (QED) is 0.697. The van der Waals surface area contributed by atoms with Gasteiger partial charge < -0.3 is 15.2 Å². The van der Waals surface area contributed by atoms with Crippen LogP contribution in [-0.2, 0) is 14.3 Å². The third-order valence-corrected chi connectivity index (χ3v) is 6.28. The molecule has 0 radical (unpaired) electrons. The smallest absolute Gasteiger partial charge is 0.341 e. The van der Waals surface area contributed by atoms with Crippen molar-refractivity contribution in [2.45, 2.75) is 32.6 Å². The van der Waals surface area contributed by atoms with Gasteiger partial charge in [0.2, 0.25) is 5.91 Å². The Balaban J connectivity index is 1.98. The predicted octanol–water partition coefficient (Wildman–Crippen LogP) is 4.48. The molecule has 2 aromatic rings. The second-order valence-electron chi connectivity index (χ2n) is 7.06. The molecule has 2 N–H and O–H groups in total. The molecular weight excluding hydrogens is 397 g/mol. The Kier molecular flexibility index (Phi) is 6.32. The van der Waals surface area contributed by atoms with Crippen molar-refractivity contribution in [3.05, 3.63) is 40.5 Å². The molecule has 1 aliphatic carbocycles. The number of carbonyl (C=O) groups excluding carboxylic acids is 2. The molecule has 8 heteroatoms. The van der Waals surface area contributed by atoms with Crippen LogP contribution < -0.4 is 5.32 Å². The lowest BCUT2D eigenvalue weighted by Crippen LogP contribution is -2.36. The van der Waals surface area contributed by atoms with Crippen LogP contribution in [0.4, 0.5) is 9.39 Å². The van der Waals surface area contributed by atoms with E-state index in [-0.39, 0.29) is 5.56 Å². The highest BCUT2D eigenvalue weighted by Gasteiger charge is 2.36. The van der Waals surface area contributed by atoms with Crippen LogP contribution >= 0.6 is 11.3 Å². The minimum absolute atomic E-state index is 0.192. The number of esters is 1. The van der Waals surface area contributed by atoms with Gasteiger partial charge in [-0.1, -0.05) is 25.0 Å². The van der Waals surface area contributed by atoms with Gasteiger partial charge in [-0.15, -0.1) is 11.3 Å². The summed E-state index contributed by atoms with van der Waals surface area (Å²) >= 11 is 1.21. The molecular formula is C21H22FNO5S. The van der Waals surface area contributed by atoms with Crippen LogP contribution in [0.1, 0.15) is 40.9 Å². The zero-order valence-electron chi connectivity index (χ0n) is 16.2. The average molecular weight is 419 g/mol. The van der Waals surface area contributed by atoms with E-state index in [1.54, 1.807) is 19.1 Å². The topological polar surface area (TPSA) is 92.7 Å². The number of aryl methyl sites for hydroxylation is 1. The minimum atomic E-state index is -0.979. The molecule has 29 heavy (non-hydrogen) atoms. The van der Waals surface area contributed by atoms with Crippen molar-refractivity contribution < 1.29 is 28.6 Å². The summed E-state index contributed by atoms with van der Waals surface area (Å²) in [5.74, 6) is -3.79. The first-order valence-electron chi connectivity index (χ1n) is 9.34. The van der Waals surface area contributed by atoms with Crippen LogP contribution in [0.3, 0.4) is 0 Å². The van der Waals surface area contributed by atoms with Crippen molar-refractivity contribution in [2.75, 3.05) is 12.4 Å². The Morgan fingerprint density at radius 2 is 1.76 bits per heavy atom. The van der Waals surface area contributed by atoms with E-state index in [1.165, 1.54) is 30.6 Å². The number of methoxy groups -OCH3 is 1. The van der Waals surface area contributed by atoms with E-state index in [9.17, 15) is 23.9 Å². The SMILES string of the molecule is COC(=O)c1c(NC(=O)[C@@H]2CCCC[C@H]2C(=O)O)sc(C)c1-c1ccc(F)cc1. The van der Waals surface area contributed by atoms with Gasteiger partial charge in [-0.25, -0.2) is 9.18 Å². The molecule has 0 spiro atoms. The zero-order chi connectivity index (χ0) is 21.1. The molecule has 1 saturated carbocycles. The number of anilines is 1. The second-order valence-corrected chi connectivity index (χ2v) is 8.29. The molecule has 0 bridgehead atoms. The molecule has 1 fully saturated rings. The first kappa shape index (κ1) is 21.0. The molecule has 0 aliphatic heterocycles. The van der Waals surface area contributed by atoms with Crippen molar-refractivity contribution in [2.24, 2.45) is 11.8 Å².